The number of carbonyl (C=O) groups is 2. The molecule has 0 saturated heterocycles. The van der Waals surface area contributed by atoms with Crippen LogP contribution in [0.1, 0.15) is 70.1 Å². The van der Waals surface area contributed by atoms with Gasteiger partial charge in [-0.3, -0.25) is 4.79 Å². The van der Waals surface area contributed by atoms with Crippen molar-refractivity contribution < 1.29 is 19.8 Å². The molecule has 9 heteroatoms. The maximum atomic E-state index is 13.8. The Morgan fingerprint density at radius 1 is 1.12 bits per heavy atom. The highest BCUT2D eigenvalue weighted by Crippen LogP contribution is 2.29. The van der Waals surface area contributed by atoms with E-state index in [1.807, 2.05) is 36.4 Å². The second-order valence-electron chi connectivity index (χ2n) is 11.9. The number of nitrogens with zero attached hydrogens (tertiary/aromatic N) is 1. The van der Waals surface area contributed by atoms with Crippen molar-refractivity contribution in [1.29, 1.82) is 0 Å². The molecule has 1 aromatic heterocycles. The number of aromatic nitrogens is 2. The molecule has 1 fully saturated rings. The van der Waals surface area contributed by atoms with Crippen molar-refractivity contribution in [3.8, 4) is 0 Å². The van der Waals surface area contributed by atoms with E-state index in [9.17, 15) is 19.8 Å². The topological polar surface area (TPSA) is 139 Å². The lowest BCUT2D eigenvalue weighted by Gasteiger charge is -2.33. The summed E-state index contributed by atoms with van der Waals surface area (Å²) in [5.41, 5.74) is 1.79. The summed E-state index contributed by atoms with van der Waals surface area (Å²) >= 11 is 0. The number of hydrogen-bond donors (Lipinski definition) is 6. The van der Waals surface area contributed by atoms with Gasteiger partial charge in [-0.05, 0) is 42.6 Å². The van der Waals surface area contributed by atoms with Crippen LogP contribution in [-0.2, 0) is 17.6 Å². The van der Waals surface area contributed by atoms with Gasteiger partial charge in [-0.2, -0.15) is 0 Å². The van der Waals surface area contributed by atoms with E-state index in [-0.39, 0.29) is 24.4 Å². The first-order valence-electron chi connectivity index (χ1n) is 15.1. The van der Waals surface area contributed by atoms with Crippen molar-refractivity contribution in [1.82, 2.24) is 25.9 Å². The van der Waals surface area contributed by atoms with E-state index in [4.69, 9.17) is 0 Å². The first-order chi connectivity index (χ1) is 19.7. The summed E-state index contributed by atoms with van der Waals surface area (Å²) in [4.78, 5) is 32.5. The predicted octanol–water partition coefficient (Wildman–Crippen LogP) is 4.45. The zero-order valence-corrected chi connectivity index (χ0v) is 24.6. The summed E-state index contributed by atoms with van der Waals surface area (Å²) in [6, 6.07) is 8.21. The van der Waals surface area contributed by atoms with Crippen molar-refractivity contribution in [2.45, 2.75) is 95.9 Å². The fourth-order valence-corrected chi connectivity index (χ4v) is 5.87. The van der Waals surface area contributed by atoms with Crippen LogP contribution in [0.3, 0.4) is 0 Å². The molecular weight excluding hydrogens is 518 g/mol. The van der Waals surface area contributed by atoms with E-state index in [1.54, 1.807) is 12.5 Å². The van der Waals surface area contributed by atoms with Crippen LogP contribution in [-0.4, -0.2) is 63.0 Å². The molecule has 1 heterocycles. The van der Waals surface area contributed by atoms with Crippen molar-refractivity contribution in [2.75, 3.05) is 6.54 Å². The number of nitrogens with one attached hydrogen (secondary N) is 4. The standard InChI is InChI=1S/C32H49N5O4/c1-4-25(22(2)3)17-30(38)28(16-24-13-9-6-10-14-24)37-31(39)29(18-26-19-33-21-35-26)34-20-27(36-32(40)41)15-23-11-7-5-8-12-23/h4-5,7-8,11-12,19,21-22,24-25,27-30,34,36,38H,1,6,9-10,13-18,20H2,2-3H3,(H,33,35)(H,37,39)(H,40,41)/t25-,27-,28-,29-,30-/m0/s1. The predicted molar refractivity (Wildman–Crippen MR) is 161 cm³/mol. The third-order valence-electron chi connectivity index (χ3n) is 8.34. The number of aromatic amines is 1. The lowest BCUT2D eigenvalue weighted by molar-refractivity contribution is -0.125. The Morgan fingerprint density at radius 3 is 2.46 bits per heavy atom. The van der Waals surface area contributed by atoms with E-state index >= 15 is 0 Å². The summed E-state index contributed by atoms with van der Waals surface area (Å²) in [5.74, 6) is 0.744. The molecule has 0 unspecified atom stereocenters. The molecule has 0 aliphatic heterocycles. The molecule has 5 atom stereocenters. The number of aliphatic hydroxyl groups is 1. The summed E-state index contributed by atoms with van der Waals surface area (Å²) < 4.78 is 0. The van der Waals surface area contributed by atoms with Gasteiger partial charge in [0.1, 0.15) is 0 Å². The van der Waals surface area contributed by atoms with Gasteiger partial charge in [0.25, 0.3) is 0 Å². The molecule has 1 aliphatic rings. The zero-order valence-electron chi connectivity index (χ0n) is 24.6. The summed E-state index contributed by atoms with van der Waals surface area (Å²) in [6.07, 6.45) is 11.3. The SMILES string of the molecule is C=C[C@@H](C[C@H](O)[C@H](CC1CCCCC1)NC(=O)[C@H](Cc1cnc[nH]1)NC[C@H](Cc1ccccc1)NC(=O)O)C(C)C. The molecule has 3 rings (SSSR count). The number of hydrogen-bond acceptors (Lipinski definition) is 5. The molecule has 0 spiro atoms. The lowest BCUT2D eigenvalue weighted by atomic mass is 9.81. The van der Waals surface area contributed by atoms with Crippen LogP contribution in [0.25, 0.3) is 0 Å². The van der Waals surface area contributed by atoms with Crippen molar-refractivity contribution in [3.63, 3.8) is 0 Å². The maximum absolute atomic E-state index is 13.8. The third kappa shape index (κ3) is 11.3. The minimum atomic E-state index is -1.11. The fourth-order valence-electron chi connectivity index (χ4n) is 5.87. The largest absolute Gasteiger partial charge is 0.465 e. The van der Waals surface area contributed by atoms with Gasteiger partial charge in [0, 0.05) is 30.9 Å². The van der Waals surface area contributed by atoms with Gasteiger partial charge < -0.3 is 31.1 Å². The molecule has 1 saturated carbocycles. The van der Waals surface area contributed by atoms with Gasteiger partial charge in [0.05, 0.1) is 24.5 Å². The Morgan fingerprint density at radius 2 is 1.85 bits per heavy atom. The van der Waals surface area contributed by atoms with Crippen LogP contribution in [0.15, 0.2) is 55.5 Å². The quantitative estimate of drug-likeness (QED) is 0.156. The summed E-state index contributed by atoms with van der Waals surface area (Å²) in [7, 11) is 0. The molecule has 2 aromatic rings. The van der Waals surface area contributed by atoms with Crippen molar-refractivity contribution in [3.05, 3.63) is 66.8 Å². The van der Waals surface area contributed by atoms with Crippen LogP contribution in [0.2, 0.25) is 0 Å². The molecule has 0 radical (unpaired) electrons. The molecule has 0 bridgehead atoms. The molecule has 9 nitrogen and oxygen atoms in total. The number of benzene rings is 1. The third-order valence-corrected chi connectivity index (χ3v) is 8.34. The Balaban J connectivity index is 1.75. The minimum absolute atomic E-state index is 0.149. The molecule has 2 amide bonds. The zero-order chi connectivity index (χ0) is 29.6. The molecular formula is C32H49N5O4. The second kappa shape index (κ2) is 16.9. The van der Waals surface area contributed by atoms with Crippen LogP contribution >= 0.6 is 0 Å². The van der Waals surface area contributed by atoms with E-state index in [2.05, 4.69) is 46.3 Å². The summed E-state index contributed by atoms with van der Waals surface area (Å²) in [5, 5.41) is 29.9. The van der Waals surface area contributed by atoms with Crippen molar-refractivity contribution in [2.24, 2.45) is 17.8 Å². The maximum Gasteiger partial charge on any atom is 0.404 e. The van der Waals surface area contributed by atoms with Crippen LogP contribution in [0.4, 0.5) is 4.79 Å². The van der Waals surface area contributed by atoms with Gasteiger partial charge in [-0.15, -0.1) is 6.58 Å². The van der Waals surface area contributed by atoms with Crippen molar-refractivity contribution >= 4 is 12.0 Å². The monoisotopic (exact) mass is 567 g/mol. The van der Waals surface area contributed by atoms with E-state index in [0.717, 1.165) is 30.5 Å². The highest BCUT2D eigenvalue weighted by Gasteiger charge is 2.31. The molecule has 1 aliphatic carbocycles. The van der Waals surface area contributed by atoms with Gasteiger partial charge in [0.2, 0.25) is 5.91 Å². The first-order valence-corrected chi connectivity index (χ1v) is 15.1. The number of carbonyl (C=O) groups excluding carboxylic acids is 1. The van der Waals surface area contributed by atoms with Crippen LogP contribution in [0, 0.1) is 17.8 Å². The number of carboxylic acid groups (broad SMARTS) is 1. The molecule has 1 aromatic carbocycles. The number of allylic oxidation sites excluding steroid dienone is 1. The molecule has 6 N–H and O–H groups in total. The van der Waals surface area contributed by atoms with Gasteiger partial charge in [-0.1, -0.05) is 82.4 Å². The van der Waals surface area contributed by atoms with E-state index in [1.165, 1.54) is 19.3 Å². The number of aliphatic hydroxyl groups excluding tert-OH is 1. The van der Waals surface area contributed by atoms with E-state index < -0.39 is 24.3 Å². The fraction of sp³-hybridized carbons (Fsp3) is 0.594. The number of imidazole rings is 1. The molecule has 226 valence electrons. The lowest BCUT2D eigenvalue weighted by Crippen LogP contribution is -2.55. The second-order valence-corrected chi connectivity index (χ2v) is 11.9. The van der Waals surface area contributed by atoms with E-state index in [0.29, 0.717) is 31.1 Å². The van der Waals surface area contributed by atoms with Gasteiger partial charge in [0.15, 0.2) is 0 Å². The summed E-state index contributed by atoms with van der Waals surface area (Å²) in [6.45, 7) is 8.47. The average Bonchev–Trinajstić information content (AvgIpc) is 3.47. The number of rotatable bonds is 17. The smallest absolute Gasteiger partial charge is 0.404 e. The minimum Gasteiger partial charge on any atom is -0.465 e. The Kier molecular flexibility index (Phi) is 13.4. The van der Waals surface area contributed by atoms with Crippen LogP contribution in [0.5, 0.6) is 0 Å². The Bertz CT molecular complexity index is 1040. The number of H-pyrrole nitrogens is 1. The highest BCUT2D eigenvalue weighted by molar-refractivity contribution is 5.82. The normalized spacial score (nSPS) is 17.8. The first kappa shape index (κ1) is 32.3. The molecule has 41 heavy (non-hydrogen) atoms. The van der Waals surface area contributed by atoms with Gasteiger partial charge >= 0.3 is 6.09 Å². The average molecular weight is 568 g/mol. The van der Waals surface area contributed by atoms with Crippen LogP contribution < -0.4 is 16.0 Å². The highest BCUT2D eigenvalue weighted by atomic mass is 16.4. The Hall–Kier alpha value is -3.17. The Labute approximate surface area is 244 Å². The van der Waals surface area contributed by atoms with Gasteiger partial charge in [-0.25, -0.2) is 9.78 Å². The number of amides is 2.